The minimum absolute atomic E-state index is 0.0675. The summed E-state index contributed by atoms with van der Waals surface area (Å²) in [6.07, 6.45) is 5.96. The van der Waals surface area contributed by atoms with Crippen LogP contribution in [0.4, 0.5) is 0 Å². The van der Waals surface area contributed by atoms with Gasteiger partial charge in [-0.15, -0.1) is 0 Å². The molecule has 1 fully saturated rings. The molecular formula is C24H32O6. The lowest BCUT2D eigenvalue weighted by atomic mass is 9.83. The van der Waals surface area contributed by atoms with Crippen molar-refractivity contribution in [3.8, 4) is 11.5 Å². The van der Waals surface area contributed by atoms with Gasteiger partial charge in [0.2, 0.25) is 0 Å². The molecule has 0 aliphatic heterocycles. The minimum Gasteiger partial charge on any atom is -0.493 e. The zero-order valence-corrected chi connectivity index (χ0v) is 17.9. The second-order valence-electron chi connectivity index (χ2n) is 7.93. The summed E-state index contributed by atoms with van der Waals surface area (Å²) in [5.41, 5.74) is 0. The van der Waals surface area contributed by atoms with Gasteiger partial charge in [-0.3, -0.25) is 4.79 Å². The summed E-state index contributed by atoms with van der Waals surface area (Å²) in [5.74, 6) is 0.780. The molecule has 164 valence electrons. The number of rotatable bonds is 11. The summed E-state index contributed by atoms with van der Waals surface area (Å²) in [7, 11) is 0. The minimum atomic E-state index is -0.436. The van der Waals surface area contributed by atoms with Gasteiger partial charge in [-0.25, -0.2) is 4.79 Å². The number of hydrogen-bond acceptors (Lipinski definition) is 6. The Morgan fingerprint density at radius 2 is 1.73 bits per heavy atom. The second kappa shape index (κ2) is 12.2. The van der Waals surface area contributed by atoms with Crippen LogP contribution in [0.15, 0.2) is 36.9 Å². The van der Waals surface area contributed by atoms with Crippen LogP contribution >= 0.6 is 0 Å². The first kappa shape index (κ1) is 23.6. The molecule has 6 nitrogen and oxygen atoms in total. The molecule has 1 aromatic carbocycles. The first-order chi connectivity index (χ1) is 14.5. The summed E-state index contributed by atoms with van der Waals surface area (Å²) in [6.45, 7) is 8.29. The van der Waals surface area contributed by atoms with Crippen molar-refractivity contribution in [2.24, 2.45) is 23.7 Å². The summed E-state index contributed by atoms with van der Waals surface area (Å²) in [5, 5.41) is 0. The molecule has 6 heteroatoms. The maximum atomic E-state index is 12.3. The molecule has 1 aliphatic carbocycles. The van der Waals surface area contributed by atoms with Crippen LogP contribution in [-0.2, 0) is 19.1 Å². The van der Waals surface area contributed by atoms with Gasteiger partial charge in [0.05, 0.1) is 19.1 Å². The lowest BCUT2D eigenvalue weighted by Crippen LogP contribution is -2.26. The van der Waals surface area contributed by atoms with Gasteiger partial charge >= 0.3 is 11.9 Å². The van der Waals surface area contributed by atoms with Crippen molar-refractivity contribution < 1.29 is 28.6 Å². The third-order valence-corrected chi connectivity index (χ3v) is 5.86. The van der Waals surface area contributed by atoms with E-state index in [2.05, 4.69) is 20.4 Å². The molecule has 30 heavy (non-hydrogen) atoms. The van der Waals surface area contributed by atoms with E-state index >= 15 is 0 Å². The molecule has 2 unspecified atom stereocenters. The van der Waals surface area contributed by atoms with Crippen LogP contribution in [-0.4, -0.2) is 31.4 Å². The molecule has 2 rings (SSSR count). The van der Waals surface area contributed by atoms with Crippen LogP contribution in [0.1, 0.15) is 46.0 Å². The third kappa shape index (κ3) is 7.32. The maximum absolute atomic E-state index is 12.3. The number of aldehydes is 1. The van der Waals surface area contributed by atoms with Crippen molar-refractivity contribution in [2.75, 3.05) is 13.2 Å². The maximum Gasteiger partial charge on any atom is 0.330 e. The highest BCUT2D eigenvalue weighted by molar-refractivity contribution is 5.81. The molecule has 0 radical (unpaired) electrons. The van der Waals surface area contributed by atoms with E-state index in [1.54, 1.807) is 24.3 Å². The van der Waals surface area contributed by atoms with Crippen molar-refractivity contribution in [2.45, 2.75) is 46.0 Å². The molecule has 0 heterocycles. The van der Waals surface area contributed by atoms with Gasteiger partial charge in [0.25, 0.3) is 0 Å². The van der Waals surface area contributed by atoms with Crippen LogP contribution in [0, 0.1) is 23.7 Å². The molecule has 1 aromatic rings. The smallest absolute Gasteiger partial charge is 0.330 e. The Bertz CT molecular complexity index is 703. The van der Waals surface area contributed by atoms with E-state index < -0.39 is 5.97 Å². The Labute approximate surface area is 178 Å². The van der Waals surface area contributed by atoms with E-state index in [1.165, 1.54) is 0 Å². The predicted octanol–water partition coefficient (Wildman–Crippen LogP) is 4.37. The third-order valence-electron chi connectivity index (χ3n) is 5.86. The van der Waals surface area contributed by atoms with Crippen molar-refractivity contribution in [1.29, 1.82) is 0 Å². The molecule has 1 aliphatic rings. The van der Waals surface area contributed by atoms with E-state index in [0.717, 1.165) is 31.6 Å². The zero-order chi connectivity index (χ0) is 21.9. The van der Waals surface area contributed by atoms with Gasteiger partial charge in [0.1, 0.15) is 17.8 Å². The highest BCUT2D eigenvalue weighted by atomic mass is 16.5. The molecule has 0 bridgehead atoms. The Balaban J connectivity index is 1.84. The quantitative estimate of drug-likeness (QED) is 0.231. The first-order valence-electron chi connectivity index (χ1n) is 10.7. The predicted molar refractivity (Wildman–Crippen MR) is 113 cm³/mol. The molecule has 1 saturated carbocycles. The van der Waals surface area contributed by atoms with Crippen molar-refractivity contribution in [3.05, 3.63) is 36.9 Å². The largest absolute Gasteiger partial charge is 0.493 e. The van der Waals surface area contributed by atoms with Crippen molar-refractivity contribution in [3.63, 3.8) is 0 Å². The molecular weight excluding hydrogens is 384 g/mol. The van der Waals surface area contributed by atoms with Crippen molar-refractivity contribution in [1.82, 2.24) is 0 Å². The summed E-state index contributed by atoms with van der Waals surface area (Å²) < 4.78 is 16.5. The Kier molecular flexibility index (Phi) is 9.58. The van der Waals surface area contributed by atoms with E-state index in [4.69, 9.17) is 14.2 Å². The fourth-order valence-electron chi connectivity index (χ4n) is 3.46. The standard InChI is InChI=1S/C24H32O6/c1-4-17(3)20(16-29-23(26)5-2)15-28-21-10-12-22(13-11-21)30-24(27)19-8-6-18(14-25)7-9-19/h5,10-14,17-20H,2,4,6-9,15-16H2,1,3H3. The summed E-state index contributed by atoms with van der Waals surface area (Å²) >= 11 is 0. The number of hydrogen-bond donors (Lipinski definition) is 0. The highest BCUT2D eigenvalue weighted by Crippen LogP contribution is 2.29. The Morgan fingerprint density at radius 1 is 1.10 bits per heavy atom. The normalized spacial score (nSPS) is 20.5. The summed E-state index contributed by atoms with van der Waals surface area (Å²) in [6, 6.07) is 6.94. The topological polar surface area (TPSA) is 78.9 Å². The van der Waals surface area contributed by atoms with E-state index in [9.17, 15) is 14.4 Å². The average molecular weight is 417 g/mol. The molecule has 0 spiro atoms. The Morgan fingerprint density at radius 3 is 2.30 bits per heavy atom. The monoisotopic (exact) mass is 416 g/mol. The Hall–Kier alpha value is -2.63. The van der Waals surface area contributed by atoms with Gasteiger partial charge in [-0.05, 0) is 55.9 Å². The number of carbonyl (C=O) groups excluding carboxylic acids is 3. The lowest BCUT2D eigenvalue weighted by molar-refractivity contribution is -0.141. The van der Waals surface area contributed by atoms with Crippen LogP contribution in [0.3, 0.4) is 0 Å². The number of esters is 2. The first-order valence-corrected chi connectivity index (χ1v) is 10.7. The SMILES string of the molecule is C=CC(=O)OCC(COc1ccc(OC(=O)C2CCC(C=O)CC2)cc1)C(C)CC. The number of benzene rings is 1. The van der Waals surface area contributed by atoms with Gasteiger partial charge in [-0.1, -0.05) is 26.8 Å². The van der Waals surface area contributed by atoms with Crippen LogP contribution < -0.4 is 9.47 Å². The number of carbonyl (C=O) groups is 3. The van der Waals surface area contributed by atoms with Gasteiger partial charge < -0.3 is 19.0 Å². The second-order valence-corrected chi connectivity index (χ2v) is 7.93. The van der Waals surface area contributed by atoms with E-state index in [0.29, 0.717) is 36.9 Å². The number of ether oxygens (including phenoxy) is 3. The molecule has 0 saturated heterocycles. The summed E-state index contributed by atoms with van der Waals surface area (Å²) in [4.78, 5) is 34.5. The fourth-order valence-corrected chi connectivity index (χ4v) is 3.46. The van der Waals surface area contributed by atoms with Gasteiger partial charge in [0, 0.05) is 17.9 Å². The lowest BCUT2D eigenvalue weighted by Gasteiger charge is -2.24. The molecule has 2 atom stereocenters. The van der Waals surface area contributed by atoms with Gasteiger partial charge in [-0.2, -0.15) is 0 Å². The highest BCUT2D eigenvalue weighted by Gasteiger charge is 2.27. The van der Waals surface area contributed by atoms with Crippen LogP contribution in [0.2, 0.25) is 0 Å². The van der Waals surface area contributed by atoms with E-state index in [1.807, 2.05) is 0 Å². The molecule has 0 aromatic heterocycles. The van der Waals surface area contributed by atoms with E-state index in [-0.39, 0.29) is 30.3 Å². The molecule has 0 N–H and O–H groups in total. The van der Waals surface area contributed by atoms with Crippen LogP contribution in [0.25, 0.3) is 0 Å². The van der Waals surface area contributed by atoms with Crippen molar-refractivity contribution >= 4 is 18.2 Å². The van der Waals surface area contributed by atoms with Gasteiger partial charge in [0.15, 0.2) is 0 Å². The average Bonchev–Trinajstić information content (AvgIpc) is 2.79. The van der Waals surface area contributed by atoms with Crippen LogP contribution in [0.5, 0.6) is 11.5 Å². The fraction of sp³-hybridized carbons (Fsp3) is 0.542. The zero-order valence-electron chi connectivity index (χ0n) is 17.9. The molecule has 0 amide bonds.